The van der Waals surface area contributed by atoms with E-state index in [1.54, 1.807) is 41.6 Å². The summed E-state index contributed by atoms with van der Waals surface area (Å²) >= 11 is 3.46. The number of nitrogens with zero attached hydrogens (tertiary/aromatic N) is 1. The largest absolute Gasteiger partial charge is 0.493 e. The van der Waals surface area contributed by atoms with Crippen LogP contribution in [0, 0.1) is 5.82 Å². The predicted molar refractivity (Wildman–Crippen MR) is 122 cm³/mol. The smallest absolute Gasteiger partial charge is 0.336 e. The lowest BCUT2D eigenvalue weighted by atomic mass is 9.83. The van der Waals surface area contributed by atoms with E-state index in [9.17, 15) is 14.0 Å². The van der Waals surface area contributed by atoms with Gasteiger partial charge in [-0.05, 0) is 51.3 Å². The van der Waals surface area contributed by atoms with E-state index in [0.717, 1.165) is 5.56 Å². The van der Waals surface area contributed by atoms with Gasteiger partial charge in [-0.3, -0.25) is 0 Å². The molecule has 1 heterocycles. The normalized spacial score (nSPS) is 13.7. The third-order valence-corrected chi connectivity index (χ3v) is 5.73. The summed E-state index contributed by atoms with van der Waals surface area (Å²) in [6.07, 6.45) is 3.22. The van der Waals surface area contributed by atoms with Crippen molar-refractivity contribution in [2.45, 2.75) is 12.5 Å². The highest BCUT2D eigenvalue weighted by atomic mass is 79.9. The Morgan fingerprint density at radius 2 is 1.52 bits per heavy atom. The number of carbonyl (C=O) groups is 2. The van der Waals surface area contributed by atoms with Crippen LogP contribution in [0.4, 0.5) is 4.39 Å². The Kier molecular flexibility index (Phi) is 7.75. The molecular formula is C24H23BrFNO6. The van der Waals surface area contributed by atoms with E-state index in [1.807, 2.05) is 0 Å². The topological polar surface area (TPSA) is 74.3 Å². The minimum atomic E-state index is -0.787. The van der Waals surface area contributed by atoms with E-state index in [0.29, 0.717) is 28.1 Å². The van der Waals surface area contributed by atoms with Crippen LogP contribution in [0.15, 0.2) is 64.4 Å². The highest BCUT2D eigenvalue weighted by molar-refractivity contribution is 9.10. The SMILES string of the molecule is COC(=O)C1=CN(Cc2ccc(F)cc2)C=C(C(=O)OC)C1c1cc(Br)c(OC)c(OC)c1. The van der Waals surface area contributed by atoms with Crippen molar-refractivity contribution in [3.05, 3.63) is 81.4 Å². The molecule has 0 amide bonds. The van der Waals surface area contributed by atoms with Crippen molar-refractivity contribution in [2.24, 2.45) is 0 Å². The van der Waals surface area contributed by atoms with Gasteiger partial charge in [0.1, 0.15) is 5.82 Å². The zero-order valence-corrected chi connectivity index (χ0v) is 20.1. The first-order valence-electron chi connectivity index (χ1n) is 9.84. The average Bonchev–Trinajstić information content (AvgIpc) is 2.83. The van der Waals surface area contributed by atoms with Crippen molar-refractivity contribution in [2.75, 3.05) is 28.4 Å². The van der Waals surface area contributed by atoms with Crippen LogP contribution in [-0.2, 0) is 25.6 Å². The summed E-state index contributed by atoms with van der Waals surface area (Å²) in [5.74, 6) is -1.46. The number of carbonyl (C=O) groups excluding carboxylic acids is 2. The molecule has 9 heteroatoms. The number of rotatable bonds is 7. The lowest BCUT2D eigenvalue weighted by Gasteiger charge is -2.30. The Morgan fingerprint density at radius 3 is 2.00 bits per heavy atom. The number of benzene rings is 2. The van der Waals surface area contributed by atoms with Crippen molar-refractivity contribution < 1.29 is 32.9 Å². The van der Waals surface area contributed by atoms with Gasteiger partial charge in [0.2, 0.25) is 0 Å². The Labute approximate surface area is 199 Å². The van der Waals surface area contributed by atoms with Crippen LogP contribution in [0.5, 0.6) is 11.5 Å². The van der Waals surface area contributed by atoms with Gasteiger partial charge in [-0.25, -0.2) is 14.0 Å². The fourth-order valence-electron chi connectivity index (χ4n) is 3.64. The van der Waals surface area contributed by atoms with Crippen LogP contribution in [0.3, 0.4) is 0 Å². The molecule has 1 aliphatic heterocycles. The lowest BCUT2D eigenvalue weighted by molar-refractivity contribution is -0.137. The number of ether oxygens (including phenoxy) is 4. The molecule has 0 bridgehead atoms. The standard InChI is InChI=1S/C24H23BrFNO6/c1-30-20-10-15(9-19(25)22(20)31-2)21-17(23(28)32-3)12-27(13-18(21)24(29)33-4)11-14-5-7-16(26)8-6-14/h5-10,12-13,21H,11H2,1-4H3. The van der Waals surface area contributed by atoms with E-state index in [4.69, 9.17) is 18.9 Å². The second-order valence-electron chi connectivity index (χ2n) is 7.12. The average molecular weight is 520 g/mol. The van der Waals surface area contributed by atoms with Crippen molar-refractivity contribution in [3.8, 4) is 11.5 Å². The second kappa shape index (κ2) is 10.5. The van der Waals surface area contributed by atoms with E-state index in [1.165, 1.54) is 40.6 Å². The Balaban J connectivity index is 2.14. The summed E-state index contributed by atoms with van der Waals surface area (Å²) in [6.45, 7) is 0.295. The molecule has 7 nitrogen and oxygen atoms in total. The first-order chi connectivity index (χ1) is 15.8. The summed E-state index contributed by atoms with van der Waals surface area (Å²) in [6, 6.07) is 9.39. The predicted octanol–water partition coefficient (Wildman–Crippen LogP) is 4.32. The zero-order valence-electron chi connectivity index (χ0n) is 18.6. The van der Waals surface area contributed by atoms with Crippen LogP contribution < -0.4 is 9.47 Å². The molecule has 0 fully saturated rings. The molecule has 0 saturated heterocycles. The highest BCUT2D eigenvalue weighted by Gasteiger charge is 2.36. The van der Waals surface area contributed by atoms with E-state index >= 15 is 0 Å². The van der Waals surface area contributed by atoms with Gasteiger partial charge < -0.3 is 23.8 Å². The van der Waals surface area contributed by atoms with Gasteiger partial charge >= 0.3 is 11.9 Å². The van der Waals surface area contributed by atoms with Gasteiger partial charge in [-0.2, -0.15) is 0 Å². The van der Waals surface area contributed by atoms with Gasteiger partial charge in [-0.1, -0.05) is 12.1 Å². The molecule has 2 aromatic rings. The van der Waals surface area contributed by atoms with Gasteiger partial charge in [0.05, 0.1) is 50.0 Å². The van der Waals surface area contributed by atoms with Crippen LogP contribution in [-0.4, -0.2) is 45.3 Å². The summed E-state index contributed by atoms with van der Waals surface area (Å²) in [7, 11) is 5.54. The molecule has 0 spiro atoms. The van der Waals surface area contributed by atoms with Crippen LogP contribution >= 0.6 is 15.9 Å². The van der Waals surface area contributed by atoms with Crippen molar-refractivity contribution >= 4 is 27.9 Å². The van der Waals surface area contributed by atoms with Crippen LogP contribution in [0.1, 0.15) is 17.0 Å². The molecule has 0 unspecified atom stereocenters. The van der Waals surface area contributed by atoms with Crippen molar-refractivity contribution in [1.29, 1.82) is 0 Å². The first-order valence-corrected chi connectivity index (χ1v) is 10.6. The molecule has 0 radical (unpaired) electrons. The van der Waals surface area contributed by atoms with Gasteiger partial charge in [0, 0.05) is 18.9 Å². The summed E-state index contributed by atoms with van der Waals surface area (Å²) in [4.78, 5) is 27.3. The second-order valence-corrected chi connectivity index (χ2v) is 7.98. The fraction of sp³-hybridized carbons (Fsp3) is 0.250. The third-order valence-electron chi connectivity index (χ3n) is 5.14. The molecule has 0 saturated carbocycles. The number of esters is 2. The van der Waals surface area contributed by atoms with E-state index in [2.05, 4.69) is 15.9 Å². The maximum absolute atomic E-state index is 13.3. The van der Waals surface area contributed by atoms with Crippen molar-refractivity contribution in [3.63, 3.8) is 0 Å². The molecule has 3 rings (SSSR count). The van der Waals surface area contributed by atoms with E-state index in [-0.39, 0.29) is 17.0 Å². The molecule has 1 aliphatic rings. The summed E-state index contributed by atoms with van der Waals surface area (Å²) in [5.41, 5.74) is 1.82. The molecule has 0 N–H and O–H groups in total. The number of hydrogen-bond donors (Lipinski definition) is 0. The maximum Gasteiger partial charge on any atom is 0.336 e. The molecule has 0 atom stereocenters. The van der Waals surface area contributed by atoms with Gasteiger partial charge in [0.15, 0.2) is 11.5 Å². The Morgan fingerprint density at radius 1 is 0.939 bits per heavy atom. The minimum absolute atomic E-state index is 0.224. The first kappa shape index (κ1) is 24.3. The summed E-state index contributed by atoms with van der Waals surface area (Å²) < 4.78 is 34.7. The Bertz CT molecular complexity index is 1080. The fourth-order valence-corrected chi connectivity index (χ4v) is 4.27. The Hall–Kier alpha value is -3.33. The number of hydrogen-bond acceptors (Lipinski definition) is 7. The molecule has 2 aromatic carbocycles. The lowest BCUT2D eigenvalue weighted by Crippen LogP contribution is -2.28. The maximum atomic E-state index is 13.3. The highest BCUT2D eigenvalue weighted by Crippen LogP contribution is 2.43. The van der Waals surface area contributed by atoms with Crippen molar-refractivity contribution in [1.82, 2.24) is 4.90 Å². The minimum Gasteiger partial charge on any atom is -0.493 e. The van der Waals surface area contributed by atoms with Gasteiger partial charge in [0.25, 0.3) is 0 Å². The molecular weight excluding hydrogens is 497 g/mol. The monoisotopic (exact) mass is 519 g/mol. The number of halogens is 2. The van der Waals surface area contributed by atoms with E-state index < -0.39 is 17.9 Å². The zero-order chi connectivity index (χ0) is 24.1. The number of methoxy groups -OCH3 is 4. The summed E-state index contributed by atoms with van der Waals surface area (Å²) in [5, 5.41) is 0. The molecule has 174 valence electrons. The third kappa shape index (κ3) is 5.19. The van der Waals surface area contributed by atoms with Crippen LogP contribution in [0.25, 0.3) is 0 Å². The molecule has 0 aliphatic carbocycles. The molecule has 0 aromatic heterocycles. The van der Waals surface area contributed by atoms with Gasteiger partial charge in [-0.15, -0.1) is 0 Å². The quantitative estimate of drug-likeness (QED) is 0.504. The van der Waals surface area contributed by atoms with Crippen LogP contribution in [0.2, 0.25) is 0 Å². The molecule has 33 heavy (non-hydrogen) atoms.